The van der Waals surface area contributed by atoms with Gasteiger partial charge in [0.05, 0.1) is 10.6 Å². The van der Waals surface area contributed by atoms with E-state index in [0.29, 0.717) is 30.0 Å². The summed E-state index contributed by atoms with van der Waals surface area (Å²) in [5.41, 5.74) is 3.97. The molecular formula is C14H15N7O2. The molecule has 118 valence electrons. The Labute approximate surface area is 133 Å². The molecule has 1 aliphatic heterocycles. The summed E-state index contributed by atoms with van der Waals surface area (Å²) in [5, 5.41) is 35.6. The van der Waals surface area contributed by atoms with Gasteiger partial charge in [-0.3, -0.25) is 15.5 Å². The molecule has 1 heterocycles. The van der Waals surface area contributed by atoms with Crippen LogP contribution in [0.25, 0.3) is 0 Å². The number of piperazine rings is 1. The Morgan fingerprint density at radius 3 is 2.61 bits per heavy atom. The van der Waals surface area contributed by atoms with Gasteiger partial charge >= 0.3 is 0 Å². The summed E-state index contributed by atoms with van der Waals surface area (Å²) in [7, 11) is 0. The van der Waals surface area contributed by atoms with Gasteiger partial charge in [0.15, 0.2) is 0 Å². The highest BCUT2D eigenvalue weighted by atomic mass is 16.6. The number of hydrogen-bond donors (Lipinski definition) is 2. The van der Waals surface area contributed by atoms with Crippen LogP contribution in [0.2, 0.25) is 0 Å². The van der Waals surface area contributed by atoms with Crippen molar-refractivity contribution in [3.05, 3.63) is 27.8 Å². The van der Waals surface area contributed by atoms with Gasteiger partial charge < -0.3 is 10.2 Å². The normalized spacial score (nSPS) is 13.6. The number of nitro groups is 1. The molecule has 1 saturated heterocycles. The number of hydrogen-bond acceptors (Lipinski definition) is 8. The van der Waals surface area contributed by atoms with E-state index in [2.05, 4.69) is 15.8 Å². The molecular weight excluding hydrogens is 298 g/mol. The van der Waals surface area contributed by atoms with Crippen molar-refractivity contribution in [1.82, 2.24) is 5.32 Å². The van der Waals surface area contributed by atoms with Crippen molar-refractivity contribution in [3.63, 3.8) is 0 Å². The summed E-state index contributed by atoms with van der Waals surface area (Å²) in [6.45, 7) is 4.52. The molecule has 0 amide bonds. The molecule has 9 nitrogen and oxygen atoms in total. The van der Waals surface area contributed by atoms with Gasteiger partial charge in [-0.25, -0.2) is 0 Å². The van der Waals surface area contributed by atoms with E-state index in [1.807, 2.05) is 4.90 Å². The van der Waals surface area contributed by atoms with Crippen molar-refractivity contribution in [1.29, 1.82) is 10.5 Å². The molecule has 0 aromatic heterocycles. The summed E-state index contributed by atoms with van der Waals surface area (Å²) in [6, 6.07) is 6.40. The largest absolute Gasteiger partial charge is 0.363 e. The Morgan fingerprint density at radius 2 is 2.04 bits per heavy atom. The van der Waals surface area contributed by atoms with Crippen molar-refractivity contribution in [2.75, 3.05) is 36.5 Å². The molecule has 0 atom stereocenters. The zero-order valence-electron chi connectivity index (χ0n) is 12.5. The summed E-state index contributed by atoms with van der Waals surface area (Å²) >= 11 is 0. The lowest BCUT2D eigenvalue weighted by molar-refractivity contribution is -0.384. The molecule has 2 rings (SSSR count). The Kier molecular flexibility index (Phi) is 5.07. The van der Waals surface area contributed by atoms with E-state index in [-0.39, 0.29) is 11.4 Å². The highest BCUT2D eigenvalue weighted by Crippen LogP contribution is 2.34. The third kappa shape index (κ3) is 3.73. The Hall–Kier alpha value is -3.17. The lowest BCUT2D eigenvalue weighted by Gasteiger charge is -2.29. The van der Waals surface area contributed by atoms with Crippen LogP contribution in [-0.4, -0.2) is 36.8 Å². The van der Waals surface area contributed by atoms with E-state index in [1.165, 1.54) is 6.07 Å². The average Bonchev–Trinajstić information content (AvgIpc) is 2.57. The minimum Gasteiger partial charge on any atom is -0.363 e. The molecule has 0 radical (unpaired) electrons. The highest BCUT2D eigenvalue weighted by Gasteiger charge is 2.23. The monoisotopic (exact) mass is 313 g/mol. The van der Waals surface area contributed by atoms with Gasteiger partial charge in [-0.05, 0) is 18.6 Å². The standard InChI is InChI=1S/C14H15N7O2/c1-10-6-14(21(22)23)13(20-4-2-17-3-5-20)7-12(10)19-18-11(8-15)9-16/h6-7,17,19H,2-5H2,1H3. The zero-order valence-corrected chi connectivity index (χ0v) is 12.5. The van der Waals surface area contributed by atoms with Crippen molar-refractivity contribution in [2.24, 2.45) is 5.10 Å². The van der Waals surface area contributed by atoms with Gasteiger partial charge in [0, 0.05) is 32.2 Å². The number of benzene rings is 1. The molecule has 1 fully saturated rings. The predicted octanol–water partition coefficient (Wildman–Crippen LogP) is 1.13. The summed E-state index contributed by atoms with van der Waals surface area (Å²) in [6.07, 6.45) is 0. The Balaban J connectivity index is 2.41. The van der Waals surface area contributed by atoms with Crippen LogP contribution < -0.4 is 15.6 Å². The number of nitrogens with zero attached hydrogens (tertiary/aromatic N) is 5. The molecule has 9 heteroatoms. The van der Waals surface area contributed by atoms with Gasteiger partial charge in [0.2, 0.25) is 5.71 Å². The minimum atomic E-state index is -0.409. The third-order valence-corrected chi connectivity index (χ3v) is 3.48. The van der Waals surface area contributed by atoms with Crippen LogP contribution in [0.1, 0.15) is 5.56 Å². The van der Waals surface area contributed by atoms with Gasteiger partial charge in [-0.1, -0.05) is 0 Å². The fourth-order valence-corrected chi connectivity index (χ4v) is 2.30. The summed E-state index contributed by atoms with van der Waals surface area (Å²) < 4.78 is 0. The number of anilines is 2. The first kappa shape index (κ1) is 16.2. The van der Waals surface area contributed by atoms with Crippen molar-refractivity contribution in [3.8, 4) is 12.1 Å². The second-order valence-electron chi connectivity index (χ2n) is 4.95. The molecule has 0 saturated carbocycles. The molecule has 0 bridgehead atoms. The fourth-order valence-electron chi connectivity index (χ4n) is 2.30. The van der Waals surface area contributed by atoms with Gasteiger partial charge in [0.25, 0.3) is 5.69 Å². The SMILES string of the molecule is Cc1cc([N+](=O)[O-])c(N2CCNCC2)cc1NN=C(C#N)C#N. The maximum Gasteiger partial charge on any atom is 0.292 e. The first-order chi connectivity index (χ1) is 11.1. The Bertz CT molecular complexity index is 708. The van der Waals surface area contributed by atoms with Gasteiger partial charge in [0.1, 0.15) is 17.8 Å². The van der Waals surface area contributed by atoms with Crippen LogP contribution in [0.4, 0.5) is 17.1 Å². The van der Waals surface area contributed by atoms with Crippen LogP contribution in [0.3, 0.4) is 0 Å². The van der Waals surface area contributed by atoms with E-state index in [9.17, 15) is 10.1 Å². The van der Waals surface area contributed by atoms with Crippen LogP contribution in [0.15, 0.2) is 17.2 Å². The Morgan fingerprint density at radius 1 is 1.39 bits per heavy atom. The van der Waals surface area contributed by atoms with Gasteiger partial charge in [-0.2, -0.15) is 15.6 Å². The van der Waals surface area contributed by atoms with E-state index in [0.717, 1.165) is 13.1 Å². The molecule has 0 aliphatic carbocycles. The highest BCUT2D eigenvalue weighted by molar-refractivity contribution is 6.10. The first-order valence-corrected chi connectivity index (χ1v) is 6.95. The van der Waals surface area contributed by atoms with Crippen molar-refractivity contribution < 1.29 is 4.92 Å². The van der Waals surface area contributed by atoms with Crippen molar-refractivity contribution >= 4 is 22.8 Å². The second-order valence-corrected chi connectivity index (χ2v) is 4.95. The maximum atomic E-state index is 11.3. The predicted molar refractivity (Wildman–Crippen MR) is 85.2 cm³/mol. The molecule has 1 aliphatic rings. The van der Waals surface area contributed by atoms with E-state index in [4.69, 9.17) is 10.5 Å². The van der Waals surface area contributed by atoms with Crippen LogP contribution in [-0.2, 0) is 0 Å². The molecule has 0 unspecified atom stereocenters. The lowest BCUT2D eigenvalue weighted by Crippen LogP contribution is -2.43. The third-order valence-electron chi connectivity index (χ3n) is 3.48. The van der Waals surface area contributed by atoms with E-state index in [1.54, 1.807) is 25.1 Å². The minimum absolute atomic E-state index is 0.0275. The second kappa shape index (κ2) is 7.20. The number of nitriles is 2. The maximum absolute atomic E-state index is 11.3. The quantitative estimate of drug-likeness (QED) is 0.484. The van der Waals surface area contributed by atoms with Crippen LogP contribution >= 0.6 is 0 Å². The van der Waals surface area contributed by atoms with E-state index < -0.39 is 4.92 Å². The lowest BCUT2D eigenvalue weighted by atomic mass is 10.1. The molecule has 1 aromatic carbocycles. The van der Waals surface area contributed by atoms with Crippen molar-refractivity contribution in [2.45, 2.75) is 6.92 Å². The average molecular weight is 313 g/mol. The first-order valence-electron chi connectivity index (χ1n) is 6.95. The number of hydrazone groups is 1. The van der Waals surface area contributed by atoms with Gasteiger partial charge in [-0.15, -0.1) is 0 Å². The van der Waals surface area contributed by atoms with Crippen LogP contribution in [0, 0.1) is 39.7 Å². The van der Waals surface area contributed by atoms with Crippen LogP contribution in [0.5, 0.6) is 0 Å². The molecule has 23 heavy (non-hydrogen) atoms. The number of nitro benzene ring substituents is 1. The summed E-state index contributed by atoms with van der Waals surface area (Å²) in [4.78, 5) is 12.8. The molecule has 2 N–H and O–H groups in total. The number of nitrogens with one attached hydrogen (secondary N) is 2. The zero-order chi connectivity index (χ0) is 16.8. The summed E-state index contributed by atoms with van der Waals surface area (Å²) in [5.74, 6) is 0. The topological polar surface area (TPSA) is 130 Å². The fraction of sp³-hybridized carbons (Fsp3) is 0.357. The van der Waals surface area contributed by atoms with E-state index >= 15 is 0 Å². The number of aryl methyl sites for hydroxylation is 1. The molecule has 1 aromatic rings. The smallest absolute Gasteiger partial charge is 0.292 e. The molecule has 0 spiro atoms. The number of rotatable bonds is 4.